The van der Waals surface area contributed by atoms with Crippen LogP contribution in [0.5, 0.6) is 0 Å². The normalized spacial score (nSPS) is 39.1. The maximum atomic E-state index is 12.7. The summed E-state index contributed by atoms with van der Waals surface area (Å²) in [5, 5.41) is 2.97. The second-order valence-corrected chi connectivity index (χ2v) is 6.10. The zero-order valence-corrected chi connectivity index (χ0v) is 11.5. The van der Waals surface area contributed by atoms with Gasteiger partial charge in [-0.25, -0.2) is 4.79 Å². The van der Waals surface area contributed by atoms with Crippen LogP contribution in [-0.2, 0) is 9.53 Å². The Kier molecular flexibility index (Phi) is 3.25. The summed E-state index contributed by atoms with van der Waals surface area (Å²) < 4.78 is 5.54. The molecule has 5 nitrogen and oxygen atoms in total. The molecule has 1 N–H and O–H groups in total. The maximum Gasteiger partial charge on any atom is 0.325 e. The Morgan fingerprint density at radius 2 is 2.16 bits per heavy atom. The van der Waals surface area contributed by atoms with Crippen LogP contribution in [0.25, 0.3) is 0 Å². The summed E-state index contributed by atoms with van der Waals surface area (Å²) in [6, 6.07) is -0.228. The zero-order chi connectivity index (χ0) is 13.5. The fraction of sp³-hybridized carbons (Fsp3) is 0.857. The summed E-state index contributed by atoms with van der Waals surface area (Å²) in [6.45, 7) is 3.24. The maximum absolute atomic E-state index is 12.7. The van der Waals surface area contributed by atoms with Crippen molar-refractivity contribution in [2.24, 2.45) is 5.92 Å². The number of ether oxygens (including phenoxy) is 1. The SMILES string of the molecule is CC1CCCCC12NC(=O)N(CC1CCCO1)C2=O. The van der Waals surface area contributed by atoms with Crippen LogP contribution in [0.3, 0.4) is 0 Å². The van der Waals surface area contributed by atoms with Crippen LogP contribution in [0.4, 0.5) is 4.79 Å². The first-order chi connectivity index (χ1) is 9.13. The standard InChI is InChI=1S/C14H22N2O3/c1-10-5-2-3-7-14(10)12(17)16(13(18)15-14)9-11-6-4-8-19-11/h10-11H,2-9H2,1H3,(H,15,18). The summed E-state index contributed by atoms with van der Waals surface area (Å²) >= 11 is 0. The molecule has 3 fully saturated rings. The highest BCUT2D eigenvalue weighted by atomic mass is 16.5. The lowest BCUT2D eigenvalue weighted by molar-refractivity contribution is -0.135. The van der Waals surface area contributed by atoms with E-state index < -0.39 is 5.54 Å². The molecule has 2 saturated heterocycles. The average Bonchev–Trinajstić information content (AvgIpc) is 2.97. The van der Waals surface area contributed by atoms with Crippen molar-refractivity contribution in [2.75, 3.05) is 13.2 Å². The molecule has 5 heteroatoms. The molecular formula is C14H22N2O3. The third-order valence-corrected chi connectivity index (χ3v) is 4.91. The Bertz CT molecular complexity index is 392. The molecule has 3 atom stereocenters. The quantitative estimate of drug-likeness (QED) is 0.773. The molecule has 0 aromatic heterocycles. The van der Waals surface area contributed by atoms with E-state index in [1.54, 1.807) is 0 Å². The second kappa shape index (κ2) is 4.78. The van der Waals surface area contributed by atoms with Crippen molar-refractivity contribution in [3.63, 3.8) is 0 Å². The Hall–Kier alpha value is -1.10. The van der Waals surface area contributed by atoms with E-state index >= 15 is 0 Å². The molecule has 0 bridgehead atoms. The summed E-state index contributed by atoms with van der Waals surface area (Å²) in [4.78, 5) is 26.2. The van der Waals surface area contributed by atoms with Crippen molar-refractivity contribution in [1.82, 2.24) is 10.2 Å². The minimum Gasteiger partial charge on any atom is -0.376 e. The molecule has 3 unspecified atom stereocenters. The van der Waals surface area contributed by atoms with Crippen molar-refractivity contribution in [3.8, 4) is 0 Å². The van der Waals surface area contributed by atoms with Gasteiger partial charge in [0.25, 0.3) is 5.91 Å². The van der Waals surface area contributed by atoms with Gasteiger partial charge in [-0.1, -0.05) is 19.8 Å². The van der Waals surface area contributed by atoms with Crippen LogP contribution < -0.4 is 5.32 Å². The number of hydrogen-bond acceptors (Lipinski definition) is 3. The molecule has 3 rings (SSSR count). The highest BCUT2D eigenvalue weighted by molar-refractivity contribution is 6.07. The lowest BCUT2D eigenvalue weighted by atomic mass is 9.73. The summed E-state index contributed by atoms with van der Waals surface area (Å²) in [5.74, 6) is 0.201. The molecule has 0 aromatic rings. The first-order valence-electron chi connectivity index (χ1n) is 7.39. The molecule has 0 radical (unpaired) electrons. The van der Waals surface area contributed by atoms with E-state index in [2.05, 4.69) is 12.2 Å². The number of nitrogens with zero attached hydrogens (tertiary/aromatic N) is 1. The molecule has 1 saturated carbocycles. The van der Waals surface area contributed by atoms with Gasteiger partial charge in [0, 0.05) is 6.61 Å². The number of amides is 3. The van der Waals surface area contributed by atoms with Gasteiger partial charge in [0.2, 0.25) is 0 Å². The monoisotopic (exact) mass is 266 g/mol. The largest absolute Gasteiger partial charge is 0.376 e. The highest BCUT2D eigenvalue weighted by Gasteiger charge is 2.55. The minimum atomic E-state index is -0.631. The Balaban J connectivity index is 1.76. The third kappa shape index (κ3) is 2.04. The van der Waals surface area contributed by atoms with Crippen LogP contribution in [0.2, 0.25) is 0 Å². The number of nitrogens with one attached hydrogen (secondary N) is 1. The van der Waals surface area contributed by atoms with E-state index in [4.69, 9.17) is 4.74 Å². The molecule has 1 aliphatic carbocycles. The average molecular weight is 266 g/mol. The van der Waals surface area contributed by atoms with E-state index in [1.807, 2.05) is 0 Å². The molecule has 2 aliphatic heterocycles. The van der Waals surface area contributed by atoms with Gasteiger partial charge in [-0.15, -0.1) is 0 Å². The fourth-order valence-electron chi connectivity index (χ4n) is 3.65. The van der Waals surface area contributed by atoms with Gasteiger partial charge in [-0.2, -0.15) is 0 Å². The van der Waals surface area contributed by atoms with Crippen molar-refractivity contribution in [3.05, 3.63) is 0 Å². The van der Waals surface area contributed by atoms with Crippen molar-refractivity contribution >= 4 is 11.9 Å². The van der Waals surface area contributed by atoms with Crippen LogP contribution in [0, 0.1) is 5.92 Å². The summed E-state index contributed by atoms with van der Waals surface area (Å²) in [7, 11) is 0. The topological polar surface area (TPSA) is 58.6 Å². The molecule has 3 aliphatic rings. The second-order valence-electron chi connectivity index (χ2n) is 6.10. The first-order valence-corrected chi connectivity index (χ1v) is 7.39. The molecule has 0 aromatic carbocycles. The molecule has 1 spiro atoms. The van der Waals surface area contributed by atoms with Crippen LogP contribution in [0.1, 0.15) is 45.4 Å². The fourth-order valence-corrected chi connectivity index (χ4v) is 3.65. The van der Waals surface area contributed by atoms with E-state index in [9.17, 15) is 9.59 Å². The van der Waals surface area contributed by atoms with Gasteiger partial charge >= 0.3 is 6.03 Å². The van der Waals surface area contributed by atoms with Gasteiger partial charge in [-0.05, 0) is 31.6 Å². The van der Waals surface area contributed by atoms with E-state index in [0.717, 1.165) is 45.1 Å². The lowest BCUT2D eigenvalue weighted by Gasteiger charge is -2.36. The van der Waals surface area contributed by atoms with E-state index in [0.29, 0.717) is 6.54 Å². The minimum absolute atomic E-state index is 0.0276. The van der Waals surface area contributed by atoms with Gasteiger partial charge in [0.1, 0.15) is 5.54 Å². The lowest BCUT2D eigenvalue weighted by Crippen LogP contribution is -2.54. The predicted octanol–water partition coefficient (Wildman–Crippen LogP) is 1.67. The Morgan fingerprint density at radius 1 is 1.32 bits per heavy atom. The van der Waals surface area contributed by atoms with Crippen LogP contribution in [-0.4, -0.2) is 41.6 Å². The zero-order valence-electron chi connectivity index (χ0n) is 11.5. The predicted molar refractivity (Wildman–Crippen MR) is 69.6 cm³/mol. The van der Waals surface area contributed by atoms with E-state index in [-0.39, 0.29) is 24.0 Å². The van der Waals surface area contributed by atoms with Gasteiger partial charge < -0.3 is 10.1 Å². The highest BCUT2D eigenvalue weighted by Crippen LogP contribution is 2.38. The summed E-state index contributed by atoms with van der Waals surface area (Å²) in [6.07, 6.45) is 5.96. The number of carbonyl (C=O) groups is 2. The number of rotatable bonds is 2. The Labute approximate surface area is 113 Å². The van der Waals surface area contributed by atoms with Crippen molar-refractivity contribution in [2.45, 2.75) is 57.1 Å². The van der Waals surface area contributed by atoms with Gasteiger partial charge in [0.05, 0.1) is 12.6 Å². The molecule has 2 heterocycles. The first kappa shape index (κ1) is 12.9. The molecule has 106 valence electrons. The number of imide groups is 1. The van der Waals surface area contributed by atoms with Crippen LogP contribution >= 0.6 is 0 Å². The van der Waals surface area contributed by atoms with Gasteiger partial charge in [-0.3, -0.25) is 9.69 Å². The molecule has 3 amide bonds. The number of carbonyl (C=O) groups excluding carboxylic acids is 2. The molecule has 19 heavy (non-hydrogen) atoms. The van der Waals surface area contributed by atoms with Crippen LogP contribution in [0.15, 0.2) is 0 Å². The third-order valence-electron chi connectivity index (χ3n) is 4.91. The number of hydrogen-bond donors (Lipinski definition) is 1. The van der Waals surface area contributed by atoms with Gasteiger partial charge in [0.15, 0.2) is 0 Å². The summed E-state index contributed by atoms with van der Waals surface area (Å²) in [5.41, 5.74) is -0.631. The smallest absolute Gasteiger partial charge is 0.325 e. The van der Waals surface area contributed by atoms with Crippen molar-refractivity contribution < 1.29 is 14.3 Å². The van der Waals surface area contributed by atoms with Crippen molar-refractivity contribution in [1.29, 1.82) is 0 Å². The molecular weight excluding hydrogens is 244 g/mol. The Morgan fingerprint density at radius 3 is 2.84 bits per heavy atom. The number of urea groups is 1. The van der Waals surface area contributed by atoms with E-state index in [1.165, 1.54) is 4.90 Å².